The van der Waals surface area contributed by atoms with Crippen molar-refractivity contribution in [1.29, 1.82) is 0 Å². The van der Waals surface area contributed by atoms with Gasteiger partial charge in [-0.1, -0.05) is 117 Å². The van der Waals surface area contributed by atoms with Gasteiger partial charge in [0.1, 0.15) is 0 Å². The number of hydrogen-bond acceptors (Lipinski definition) is 1. The lowest BCUT2D eigenvalue weighted by atomic mass is 10.1. The van der Waals surface area contributed by atoms with Crippen molar-refractivity contribution in [2.24, 2.45) is 0 Å². The van der Waals surface area contributed by atoms with Gasteiger partial charge in [0.05, 0.1) is 0 Å². The summed E-state index contributed by atoms with van der Waals surface area (Å²) < 4.78 is 5.67. The molecule has 0 amide bonds. The lowest BCUT2D eigenvalue weighted by Crippen LogP contribution is -1.98. The second-order valence-corrected chi connectivity index (χ2v) is 12.1. The van der Waals surface area contributed by atoms with Crippen molar-refractivity contribution in [2.45, 2.75) is 149 Å². The van der Waals surface area contributed by atoms with Crippen LogP contribution in [0.25, 0.3) is 0 Å². The van der Waals surface area contributed by atoms with Gasteiger partial charge < -0.3 is 4.74 Å². The first-order valence-electron chi connectivity index (χ1n) is 14.1. The van der Waals surface area contributed by atoms with Crippen LogP contribution in [0.3, 0.4) is 0 Å². The highest BCUT2D eigenvalue weighted by Crippen LogP contribution is 2.39. The summed E-state index contributed by atoms with van der Waals surface area (Å²) in [6, 6.07) is 0. The fourth-order valence-corrected chi connectivity index (χ4v) is 6.85. The number of rotatable bonds is 26. The van der Waals surface area contributed by atoms with Crippen LogP contribution in [0.2, 0.25) is 0 Å². The van der Waals surface area contributed by atoms with Gasteiger partial charge in [-0.05, 0) is 50.6 Å². The van der Waals surface area contributed by atoms with Crippen LogP contribution < -0.4 is 0 Å². The topological polar surface area (TPSA) is 9.23 Å². The molecule has 0 aromatic carbocycles. The van der Waals surface area contributed by atoms with E-state index in [1.54, 1.807) is 18.5 Å². The van der Waals surface area contributed by atoms with Crippen LogP contribution in [0.15, 0.2) is 0 Å². The minimum Gasteiger partial charge on any atom is -0.381 e. The summed E-state index contributed by atoms with van der Waals surface area (Å²) in [6.07, 6.45) is 33.2. The maximum Gasteiger partial charge on any atom is 0.0466 e. The summed E-state index contributed by atoms with van der Waals surface area (Å²) in [7, 11) is 0.334. The third kappa shape index (κ3) is 24.7. The first kappa shape index (κ1) is 30.4. The molecule has 0 heterocycles. The molecule has 0 saturated carbocycles. The Morgan fingerprint density at radius 1 is 0.367 bits per heavy atom. The highest BCUT2D eigenvalue weighted by molar-refractivity contribution is 7.57. The summed E-state index contributed by atoms with van der Waals surface area (Å²) >= 11 is 0. The largest absolute Gasteiger partial charge is 0.381 e. The molecule has 0 fully saturated rings. The second kappa shape index (κ2) is 27.4. The van der Waals surface area contributed by atoms with Crippen LogP contribution in [-0.4, -0.2) is 31.7 Å². The zero-order valence-corrected chi connectivity index (χ0v) is 22.4. The molecule has 0 bridgehead atoms. The van der Waals surface area contributed by atoms with E-state index in [2.05, 4.69) is 20.8 Å². The molecule has 0 aromatic heterocycles. The monoisotopic (exact) mass is 442 g/mol. The average molecular weight is 443 g/mol. The molecular formula is C28H59OP. The lowest BCUT2D eigenvalue weighted by Gasteiger charge is -2.18. The van der Waals surface area contributed by atoms with Crippen molar-refractivity contribution in [2.75, 3.05) is 31.7 Å². The molecule has 0 aromatic rings. The van der Waals surface area contributed by atoms with Gasteiger partial charge in [0.25, 0.3) is 0 Å². The summed E-state index contributed by atoms with van der Waals surface area (Å²) in [5.41, 5.74) is 0. The first-order chi connectivity index (χ1) is 14.8. The highest BCUT2D eigenvalue weighted by atomic mass is 31.1. The molecule has 0 aliphatic rings. The number of unbranched alkanes of at least 4 members (excludes halogenated alkanes) is 16. The van der Waals surface area contributed by atoms with E-state index in [-0.39, 0.29) is 0 Å². The maximum absolute atomic E-state index is 5.67. The van der Waals surface area contributed by atoms with Gasteiger partial charge in [-0.2, -0.15) is 0 Å². The Hall–Kier alpha value is 0.390. The van der Waals surface area contributed by atoms with Gasteiger partial charge in [0, 0.05) is 13.2 Å². The number of ether oxygens (including phenoxy) is 1. The Labute approximate surface area is 193 Å². The fourth-order valence-electron chi connectivity index (χ4n) is 4.16. The van der Waals surface area contributed by atoms with Gasteiger partial charge in [-0.25, -0.2) is 0 Å². The summed E-state index contributed by atoms with van der Waals surface area (Å²) in [4.78, 5) is 0. The van der Waals surface area contributed by atoms with Gasteiger partial charge in [0.2, 0.25) is 0 Å². The van der Waals surface area contributed by atoms with E-state index in [1.807, 2.05) is 0 Å². The van der Waals surface area contributed by atoms with Gasteiger partial charge in [-0.15, -0.1) is 7.92 Å². The molecule has 0 unspecified atom stereocenters. The molecular weight excluding hydrogens is 383 g/mol. The van der Waals surface area contributed by atoms with Crippen molar-refractivity contribution in [1.82, 2.24) is 0 Å². The minimum atomic E-state index is 0.334. The fraction of sp³-hybridized carbons (Fsp3) is 1.00. The summed E-state index contributed by atoms with van der Waals surface area (Å²) in [6.45, 7) is 8.83. The predicted molar refractivity (Wildman–Crippen MR) is 142 cm³/mol. The molecule has 1 nitrogen and oxygen atoms in total. The highest BCUT2D eigenvalue weighted by Gasteiger charge is 2.08. The van der Waals surface area contributed by atoms with E-state index in [0.29, 0.717) is 7.92 Å². The van der Waals surface area contributed by atoms with Crippen LogP contribution in [-0.2, 0) is 4.74 Å². The zero-order valence-electron chi connectivity index (χ0n) is 21.5. The Balaban J connectivity index is 3.73. The van der Waals surface area contributed by atoms with Gasteiger partial charge in [0.15, 0.2) is 0 Å². The Bertz CT molecular complexity index is 278. The van der Waals surface area contributed by atoms with Crippen LogP contribution in [0.5, 0.6) is 0 Å². The normalized spacial score (nSPS) is 11.6. The molecule has 0 N–H and O–H groups in total. The molecule has 182 valence electrons. The van der Waals surface area contributed by atoms with Crippen LogP contribution >= 0.6 is 7.92 Å². The lowest BCUT2D eigenvalue weighted by molar-refractivity contribution is 0.127. The number of hydrogen-bond donors (Lipinski definition) is 0. The predicted octanol–water partition coefficient (Wildman–Crippen LogP) is 10.3. The molecule has 0 rings (SSSR count). The minimum absolute atomic E-state index is 0.334. The van der Waals surface area contributed by atoms with Crippen LogP contribution in [0.4, 0.5) is 0 Å². The van der Waals surface area contributed by atoms with E-state index >= 15 is 0 Å². The smallest absolute Gasteiger partial charge is 0.0466 e. The molecule has 0 atom stereocenters. The van der Waals surface area contributed by atoms with Gasteiger partial charge in [-0.3, -0.25) is 0 Å². The summed E-state index contributed by atoms with van der Waals surface area (Å²) in [5, 5.41) is 0. The van der Waals surface area contributed by atoms with Crippen molar-refractivity contribution >= 4 is 7.92 Å². The quantitative estimate of drug-likeness (QED) is 0.0956. The van der Waals surface area contributed by atoms with Crippen LogP contribution in [0, 0.1) is 0 Å². The molecule has 0 saturated heterocycles. The van der Waals surface area contributed by atoms with E-state index in [4.69, 9.17) is 4.74 Å². The van der Waals surface area contributed by atoms with E-state index in [1.165, 1.54) is 128 Å². The molecule has 30 heavy (non-hydrogen) atoms. The molecule has 0 radical (unpaired) electrons. The molecule has 0 spiro atoms. The van der Waals surface area contributed by atoms with E-state index < -0.39 is 0 Å². The van der Waals surface area contributed by atoms with Crippen molar-refractivity contribution in [3.8, 4) is 0 Å². The third-order valence-electron chi connectivity index (χ3n) is 6.31. The van der Waals surface area contributed by atoms with Crippen molar-refractivity contribution < 1.29 is 4.74 Å². The second-order valence-electron chi connectivity index (χ2n) is 9.46. The SMILES string of the molecule is CCCCCCCCP(CCCCCCCC)CCCCCCCCOCCCC. The van der Waals surface area contributed by atoms with Gasteiger partial charge >= 0.3 is 0 Å². The summed E-state index contributed by atoms with van der Waals surface area (Å²) in [5.74, 6) is 0. The Kier molecular flexibility index (Phi) is 27.8. The Morgan fingerprint density at radius 2 is 0.700 bits per heavy atom. The van der Waals surface area contributed by atoms with E-state index in [9.17, 15) is 0 Å². The average Bonchev–Trinajstić information content (AvgIpc) is 2.76. The molecule has 0 aliphatic carbocycles. The molecule has 2 heteroatoms. The molecule has 0 aliphatic heterocycles. The first-order valence-corrected chi connectivity index (χ1v) is 16.0. The van der Waals surface area contributed by atoms with Crippen molar-refractivity contribution in [3.63, 3.8) is 0 Å². The Morgan fingerprint density at radius 3 is 1.13 bits per heavy atom. The third-order valence-corrected chi connectivity index (χ3v) is 9.16. The standard InChI is InChI=1S/C28H59OP/c1-4-7-10-12-17-21-26-30(27-22-18-13-11-8-5-2)28-23-19-15-14-16-20-25-29-24-9-6-3/h4-28H2,1-3H3. The zero-order chi connectivity index (χ0) is 22.0. The van der Waals surface area contributed by atoms with Crippen molar-refractivity contribution in [3.05, 3.63) is 0 Å². The maximum atomic E-state index is 5.67. The van der Waals surface area contributed by atoms with E-state index in [0.717, 1.165) is 13.2 Å². The van der Waals surface area contributed by atoms with Crippen LogP contribution in [0.1, 0.15) is 149 Å².